The molecule has 3 atom stereocenters. The van der Waals surface area contributed by atoms with Gasteiger partial charge in [0.25, 0.3) is 0 Å². The standard InChI is InChI=1S/C27H40ClN3O/c1-20(2)25-19-30(16-17-31(25)26(32)18-21-12-14-29-15-13-21)27(22-6-4-3-5-7-22)23-8-10-24(28)11-9-23/h3-4,6,8-11,20-21,25-27,29,32H,5,7,12-19H2,1-2H3. The molecule has 2 fully saturated rings. The van der Waals surface area contributed by atoms with Gasteiger partial charge in [-0.1, -0.05) is 55.8 Å². The zero-order valence-corrected chi connectivity index (χ0v) is 20.5. The van der Waals surface area contributed by atoms with E-state index < -0.39 is 0 Å². The van der Waals surface area contributed by atoms with Crippen LogP contribution in [0.1, 0.15) is 57.6 Å². The van der Waals surface area contributed by atoms with E-state index in [2.05, 4.69) is 59.3 Å². The summed E-state index contributed by atoms with van der Waals surface area (Å²) in [4.78, 5) is 5.05. The number of nitrogens with one attached hydrogen (secondary N) is 1. The van der Waals surface area contributed by atoms with Crippen molar-refractivity contribution in [1.29, 1.82) is 0 Å². The van der Waals surface area contributed by atoms with Gasteiger partial charge < -0.3 is 10.4 Å². The molecular formula is C27H40ClN3O. The third-order valence-electron chi connectivity index (χ3n) is 7.60. The van der Waals surface area contributed by atoms with Gasteiger partial charge in [0, 0.05) is 30.7 Å². The third kappa shape index (κ3) is 5.84. The van der Waals surface area contributed by atoms with Crippen LogP contribution in [0.25, 0.3) is 0 Å². The molecule has 0 amide bonds. The summed E-state index contributed by atoms with van der Waals surface area (Å²) in [5.74, 6) is 1.13. The second-order valence-electron chi connectivity index (χ2n) is 10.1. The molecule has 2 N–H and O–H groups in total. The fraction of sp³-hybridized carbons (Fsp3) is 0.630. The van der Waals surface area contributed by atoms with Crippen LogP contribution in [0.2, 0.25) is 5.02 Å². The maximum Gasteiger partial charge on any atom is 0.107 e. The Morgan fingerprint density at radius 2 is 1.88 bits per heavy atom. The Balaban J connectivity index is 1.52. The van der Waals surface area contributed by atoms with Crippen LogP contribution in [0.5, 0.6) is 0 Å². The Labute approximate surface area is 199 Å². The van der Waals surface area contributed by atoms with Gasteiger partial charge in [-0.25, -0.2) is 0 Å². The lowest BCUT2D eigenvalue weighted by molar-refractivity contribution is -0.0876. The molecule has 1 aromatic rings. The summed E-state index contributed by atoms with van der Waals surface area (Å²) in [5, 5.41) is 15.4. The van der Waals surface area contributed by atoms with Crippen molar-refractivity contribution in [3.8, 4) is 0 Å². The molecule has 2 heterocycles. The van der Waals surface area contributed by atoms with Crippen molar-refractivity contribution in [2.75, 3.05) is 32.7 Å². The lowest BCUT2D eigenvalue weighted by Gasteiger charge is -2.49. The van der Waals surface area contributed by atoms with E-state index in [-0.39, 0.29) is 12.3 Å². The van der Waals surface area contributed by atoms with Crippen molar-refractivity contribution >= 4 is 11.6 Å². The van der Waals surface area contributed by atoms with Gasteiger partial charge in [0.05, 0.1) is 6.04 Å². The highest BCUT2D eigenvalue weighted by Crippen LogP contribution is 2.36. The van der Waals surface area contributed by atoms with E-state index in [1.165, 1.54) is 24.0 Å². The molecule has 3 aliphatic rings. The van der Waals surface area contributed by atoms with E-state index in [1.54, 1.807) is 0 Å². The molecule has 0 radical (unpaired) electrons. The van der Waals surface area contributed by atoms with Gasteiger partial charge in [-0.05, 0) is 80.3 Å². The summed E-state index contributed by atoms with van der Waals surface area (Å²) in [6, 6.07) is 9.05. The summed E-state index contributed by atoms with van der Waals surface area (Å²) in [5.41, 5.74) is 2.81. The summed E-state index contributed by atoms with van der Waals surface area (Å²) in [6.45, 7) is 9.66. The summed E-state index contributed by atoms with van der Waals surface area (Å²) in [6.07, 6.45) is 11.9. The monoisotopic (exact) mass is 457 g/mol. The zero-order valence-electron chi connectivity index (χ0n) is 19.7. The van der Waals surface area contributed by atoms with Crippen molar-refractivity contribution in [3.05, 3.63) is 58.7 Å². The van der Waals surface area contributed by atoms with Crippen molar-refractivity contribution in [1.82, 2.24) is 15.1 Å². The van der Waals surface area contributed by atoms with E-state index in [4.69, 9.17) is 11.6 Å². The number of halogens is 1. The van der Waals surface area contributed by atoms with Crippen molar-refractivity contribution < 1.29 is 5.11 Å². The van der Waals surface area contributed by atoms with E-state index >= 15 is 0 Å². The molecule has 176 valence electrons. The van der Waals surface area contributed by atoms with Gasteiger partial charge in [0.1, 0.15) is 6.23 Å². The molecule has 5 heteroatoms. The Kier molecular flexibility index (Phi) is 8.47. The number of allylic oxidation sites excluding steroid dienone is 3. The summed E-state index contributed by atoms with van der Waals surface area (Å²) >= 11 is 6.21. The first-order valence-electron chi connectivity index (χ1n) is 12.5. The zero-order chi connectivity index (χ0) is 22.5. The number of hydrogen-bond acceptors (Lipinski definition) is 4. The number of hydrogen-bond donors (Lipinski definition) is 2. The predicted molar refractivity (Wildman–Crippen MR) is 134 cm³/mol. The largest absolute Gasteiger partial charge is 0.378 e. The second kappa shape index (κ2) is 11.3. The van der Waals surface area contributed by atoms with Gasteiger partial charge in [0.2, 0.25) is 0 Å². The van der Waals surface area contributed by atoms with Crippen LogP contribution < -0.4 is 5.32 Å². The normalized spacial score (nSPS) is 25.7. The average molecular weight is 458 g/mol. The van der Waals surface area contributed by atoms with Gasteiger partial charge in [0.15, 0.2) is 0 Å². The molecule has 0 spiro atoms. The molecule has 0 aromatic heterocycles. The number of nitrogens with zero attached hydrogens (tertiary/aromatic N) is 2. The first-order valence-corrected chi connectivity index (χ1v) is 12.9. The molecule has 2 aliphatic heterocycles. The molecular weight excluding hydrogens is 418 g/mol. The molecule has 3 unspecified atom stereocenters. The number of benzene rings is 1. The Bertz CT molecular complexity index is 785. The van der Waals surface area contributed by atoms with Gasteiger partial charge in [-0.3, -0.25) is 9.80 Å². The lowest BCUT2D eigenvalue weighted by atomic mass is 9.88. The number of aliphatic hydroxyl groups excluding tert-OH is 1. The van der Waals surface area contributed by atoms with Gasteiger partial charge >= 0.3 is 0 Å². The lowest BCUT2D eigenvalue weighted by Crippen LogP contribution is -2.59. The van der Waals surface area contributed by atoms with E-state index in [0.717, 1.165) is 57.0 Å². The Morgan fingerprint density at radius 3 is 2.53 bits per heavy atom. The van der Waals surface area contributed by atoms with Crippen molar-refractivity contribution in [3.63, 3.8) is 0 Å². The highest BCUT2D eigenvalue weighted by molar-refractivity contribution is 6.30. The minimum atomic E-state index is -0.335. The smallest absolute Gasteiger partial charge is 0.107 e. The number of piperazine rings is 1. The molecule has 0 bridgehead atoms. The maximum atomic E-state index is 11.2. The van der Waals surface area contributed by atoms with Crippen molar-refractivity contribution in [2.45, 2.75) is 64.3 Å². The average Bonchev–Trinajstić information content (AvgIpc) is 2.82. The molecule has 0 saturated carbocycles. The quantitative estimate of drug-likeness (QED) is 0.603. The predicted octanol–water partition coefficient (Wildman–Crippen LogP) is 5.01. The van der Waals surface area contributed by atoms with Crippen LogP contribution in [0.15, 0.2) is 48.1 Å². The van der Waals surface area contributed by atoms with Crippen LogP contribution in [0.3, 0.4) is 0 Å². The van der Waals surface area contributed by atoms with Gasteiger partial charge in [-0.2, -0.15) is 0 Å². The minimum absolute atomic E-state index is 0.280. The van der Waals surface area contributed by atoms with Crippen LogP contribution >= 0.6 is 11.6 Å². The highest BCUT2D eigenvalue weighted by atomic mass is 35.5. The Morgan fingerprint density at radius 1 is 1.12 bits per heavy atom. The minimum Gasteiger partial charge on any atom is -0.378 e. The molecule has 2 saturated heterocycles. The van der Waals surface area contributed by atoms with E-state index in [0.29, 0.717) is 17.9 Å². The van der Waals surface area contributed by atoms with Crippen LogP contribution in [0, 0.1) is 11.8 Å². The first-order chi connectivity index (χ1) is 15.5. The number of aliphatic hydroxyl groups is 1. The molecule has 32 heavy (non-hydrogen) atoms. The highest BCUT2D eigenvalue weighted by Gasteiger charge is 2.37. The number of rotatable bonds is 7. The molecule has 4 rings (SSSR count). The van der Waals surface area contributed by atoms with E-state index in [1.807, 2.05) is 12.1 Å². The van der Waals surface area contributed by atoms with E-state index in [9.17, 15) is 5.11 Å². The second-order valence-corrected chi connectivity index (χ2v) is 10.6. The van der Waals surface area contributed by atoms with Crippen LogP contribution in [-0.4, -0.2) is 59.9 Å². The van der Waals surface area contributed by atoms with Crippen LogP contribution in [0.4, 0.5) is 0 Å². The van der Waals surface area contributed by atoms with Crippen molar-refractivity contribution in [2.24, 2.45) is 11.8 Å². The fourth-order valence-electron chi connectivity index (χ4n) is 5.75. The molecule has 1 aromatic carbocycles. The Hall–Kier alpha value is -1.17. The SMILES string of the molecule is CC(C)C1CN(C(C2=CC=CCC2)c2ccc(Cl)cc2)CCN1C(O)CC1CCNCC1. The fourth-order valence-corrected chi connectivity index (χ4v) is 5.87. The topological polar surface area (TPSA) is 38.7 Å². The summed E-state index contributed by atoms with van der Waals surface area (Å²) in [7, 11) is 0. The number of piperidine rings is 1. The molecule has 4 nitrogen and oxygen atoms in total. The summed E-state index contributed by atoms with van der Waals surface area (Å²) < 4.78 is 0. The first kappa shape index (κ1) is 24.0. The molecule has 1 aliphatic carbocycles. The van der Waals surface area contributed by atoms with Crippen LogP contribution in [-0.2, 0) is 0 Å². The van der Waals surface area contributed by atoms with Gasteiger partial charge in [-0.15, -0.1) is 0 Å². The third-order valence-corrected chi connectivity index (χ3v) is 7.85. The maximum absolute atomic E-state index is 11.2.